The predicted octanol–water partition coefficient (Wildman–Crippen LogP) is 1.67. The molecule has 17 heavy (non-hydrogen) atoms. The molecule has 0 radical (unpaired) electrons. The highest BCUT2D eigenvalue weighted by atomic mass is 35.5. The number of hydrogen-bond donors (Lipinski definition) is 3. The maximum absolute atomic E-state index is 13.3. The second kappa shape index (κ2) is 5.20. The molecule has 0 aliphatic heterocycles. The number of carboxylic acid groups (broad SMARTS) is 1. The van der Waals surface area contributed by atoms with Gasteiger partial charge in [-0.3, -0.25) is 4.79 Å². The standard InChI is InChI=1S/C10H11ClFNO4/c1-17-10-6(14)2-4(12)9(11)8(10)5(13)3-7(15)16/h2,5,14H,3,13H2,1H3,(H,15,16). The molecule has 94 valence electrons. The maximum Gasteiger partial charge on any atom is 0.305 e. The van der Waals surface area contributed by atoms with E-state index in [9.17, 15) is 14.3 Å². The van der Waals surface area contributed by atoms with Gasteiger partial charge in [-0.25, -0.2) is 4.39 Å². The molecule has 7 heteroatoms. The highest BCUT2D eigenvalue weighted by Crippen LogP contribution is 2.40. The summed E-state index contributed by atoms with van der Waals surface area (Å²) in [6.07, 6.45) is -0.459. The highest BCUT2D eigenvalue weighted by Gasteiger charge is 2.24. The van der Waals surface area contributed by atoms with Crippen LogP contribution in [-0.2, 0) is 4.79 Å². The van der Waals surface area contributed by atoms with Crippen molar-refractivity contribution in [1.82, 2.24) is 0 Å². The molecule has 0 aromatic heterocycles. The molecule has 1 aromatic rings. The van der Waals surface area contributed by atoms with Crippen molar-refractivity contribution in [1.29, 1.82) is 0 Å². The van der Waals surface area contributed by atoms with Gasteiger partial charge < -0.3 is 20.7 Å². The molecule has 1 aromatic carbocycles. The number of phenolic OH excluding ortho intramolecular Hbond substituents is 1. The summed E-state index contributed by atoms with van der Waals surface area (Å²) >= 11 is 5.69. The maximum atomic E-state index is 13.3. The number of carboxylic acids is 1. The number of ether oxygens (including phenoxy) is 1. The van der Waals surface area contributed by atoms with E-state index in [1.807, 2.05) is 0 Å². The first-order chi connectivity index (χ1) is 7.88. The van der Waals surface area contributed by atoms with Crippen LogP contribution < -0.4 is 10.5 Å². The zero-order valence-corrected chi connectivity index (χ0v) is 9.66. The van der Waals surface area contributed by atoms with E-state index in [4.69, 9.17) is 27.2 Å². The number of benzene rings is 1. The topological polar surface area (TPSA) is 92.8 Å². The van der Waals surface area contributed by atoms with Gasteiger partial charge in [-0.05, 0) is 0 Å². The summed E-state index contributed by atoms with van der Waals surface area (Å²) in [4.78, 5) is 10.5. The Kier molecular flexibility index (Phi) is 4.14. The van der Waals surface area contributed by atoms with Gasteiger partial charge in [0.1, 0.15) is 5.82 Å². The summed E-state index contributed by atoms with van der Waals surface area (Å²) in [5.41, 5.74) is 5.53. The van der Waals surface area contributed by atoms with Crippen LogP contribution in [0.4, 0.5) is 4.39 Å². The van der Waals surface area contributed by atoms with E-state index in [-0.39, 0.29) is 16.3 Å². The zero-order valence-electron chi connectivity index (χ0n) is 8.91. The molecule has 0 amide bonds. The zero-order chi connectivity index (χ0) is 13.2. The van der Waals surface area contributed by atoms with Gasteiger partial charge >= 0.3 is 5.97 Å². The Morgan fingerprint density at radius 1 is 1.71 bits per heavy atom. The number of carbonyl (C=O) groups is 1. The molecule has 0 aliphatic rings. The van der Waals surface area contributed by atoms with Crippen molar-refractivity contribution in [2.75, 3.05) is 7.11 Å². The number of methoxy groups -OCH3 is 1. The third-order valence-corrected chi connectivity index (χ3v) is 2.54. The molecule has 1 unspecified atom stereocenters. The summed E-state index contributed by atoms with van der Waals surface area (Å²) in [6, 6.07) is -0.297. The Morgan fingerprint density at radius 3 is 2.76 bits per heavy atom. The van der Waals surface area contributed by atoms with Gasteiger partial charge in [-0.15, -0.1) is 0 Å². The van der Waals surface area contributed by atoms with Crippen LogP contribution in [-0.4, -0.2) is 23.3 Å². The van der Waals surface area contributed by atoms with E-state index in [2.05, 4.69) is 0 Å². The molecule has 0 saturated carbocycles. The van der Waals surface area contributed by atoms with Crippen LogP contribution in [0.5, 0.6) is 11.5 Å². The second-order valence-corrected chi connectivity index (χ2v) is 3.72. The Balaban J connectivity index is 3.33. The summed E-state index contributed by atoms with van der Waals surface area (Å²) in [7, 11) is 1.24. The summed E-state index contributed by atoms with van der Waals surface area (Å²) in [6.45, 7) is 0. The molecule has 1 atom stereocenters. The van der Waals surface area contributed by atoms with Crippen LogP contribution in [0, 0.1) is 5.82 Å². The van der Waals surface area contributed by atoms with Crippen LogP contribution in [0.3, 0.4) is 0 Å². The Bertz CT molecular complexity index is 452. The minimum atomic E-state index is -1.17. The molecular weight excluding hydrogens is 253 g/mol. The monoisotopic (exact) mass is 263 g/mol. The van der Waals surface area contributed by atoms with Crippen molar-refractivity contribution in [3.05, 3.63) is 22.5 Å². The smallest absolute Gasteiger partial charge is 0.305 e. The van der Waals surface area contributed by atoms with E-state index in [0.29, 0.717) is 0 Å². The molecule has 0 heterocycles. The molecule has 0 aliphatic carbocycles. The van der Waals surface area contributed by atoms with Crippen LogP contribution in [0.1, 0.15) is 18.0 Å². The quantitative estimate of drug-likeness (QED) is 0.768. The number of nitrogens with two attached hydrogens (primary N) is 1. The van der Waals surface area contributed by atoms with Crippen molar-refractivity contribution < 1.29 is 24.1 Å². The molecule has 0 bridgehead atoms. The van der Waals surface area contributed by atoms with Gasteiger partial charge in [-0.2, -0.15) is 0 Å². The minimum absolute atomic E-state index is 0.0610. The number of aromatic hydroxyl groups is 1. The summed E-state index contributed by atoms with van der Waals surface area (Å²) in [5.74, 6) is -2.66. The Labute approximate surface area is 102 Å². The molecular formula is C10H11ClFNO4. The number of phenols is 1. The number of rotatable bonds is 4. The third-order valence-electron chi connectivity index (χ3n) is 2.16. The number of aliphatic carboxylic acids is 1. The molecule has 0 fully saturated rings. The van der Waals surface area contributed by atoms with Gasteiger partial charge in [0, 0.05) is 17.7 Å². The second-order valence-electron chi connectivity index (χ2n) is 3.34. The first-order valence-corrected chi connectivity index (χ1v) is 4.98. The van der Waals surface area contributed by atoms with Gasteiger partial charge in [0.05, 0.1) is 18.6 Å². The molecule has 4 N–H and O–H groups in total. The molecule has 0 spiro atoms. The van der Waals surface area contributed by atoms with Crippen molar-refractivity contribution >= 4 is 17.6 Å². The van der Waals surface area contributed by atoms with E-state index >= 15 is 0 Å². The molecule has 5 nitrogen and oxygen atoms in total. The Hall–Kier alpha value is -1.53. The first-order valence-electron chi connectivity index (χ1n) is 4.60. The van der Waals surface area contributed by atoms with Gasteiger partial charge in [0.2, 0.25) is 0 Å². The lowest BCUT2D eigenvalue weighted by Gasteiger charge is -2.17. The van der Waals surface area contributed by atoms with Gasteiger partial charge in [-0.1, -0.05) is 11.6 Å². The largest absolute Gasteiger partial charge is 0.504 e. The van der Waals surface area contributed by atoms with Crippen LogP contribution >= 0.6 is 11.6 Å². The average Bonchev–Trinajstić information content (AvgIpc) is 2.21. The van der Waals surface area contributed by atoms with E-state index in [0.717, 1.165) is 6.07 Å². The number of hydrogen-bond acceptors (Lipinski definition) is 4. The summed E-state index contributed by atoms with van der Waals surface area (Å²) in [5, 5.41) is 17.7. The SMILES string of the molecule is COc1c(O)cc(F)c(Cl)c1C(N)CC(=O)O. The van der Waals surface area contributed by atoms with Gasteiger partial charge in [0.25, 0.3) is 0 Å². The van der Waals surface area contributed by atoms with E-state index in [1.54, 1.807) is 0 Å². The molecule has 1 rings (SSSR count). The fourth-order valence-corrected chi connectivity index (χ4v) is 1.73. The van der Waals surface area contributed by atoms with Crippen LogP contribution in [0.15, 0.2) is 6.07 Å². The van der Waals surface area contributed by atoms with Crippen molar-refractivity contribution in [2.24, 2.45) is 5.73 Å². The molecule has 0 saturated heterocycles. The highest BCUT2D eigenvalue weighted by molar-refractivity contribution is 6.31. The lowest BCUT2D eigenvalue weighted by atomic mass is 10.0. The van der Waals surface area contributed by atoms with E-state index in [1.165, 1.54) is 7.11 Å². The normalized spacial score (nSPS) is 12.2. The average molecular weight is 264 g/mol. The minimum Gasteiger partial charge on any atom is -0.504 e. The Morgan fingerprint density at radius 2 is 2.29 bits per heavy atom. The summed E-state index contributed by atoms with van der Waals surface area (Å²) < 4.78 is 18.1. The van der Waals surface area contributed by atoms with Crippen molar-refractivity contribution in [3.63, 3.8) is 0 Å². The number of halogens is 2. The predicted molar refractivity (Wildman–Crippen MR) is 58.8 cm³/mol. The van der Waals surface area contributed by atoms with Crippen LogP contribution in [0.2, 0.25) is 5.02 Å². The lowest BCUT2D eigenvalue weighted by molar-refractivity contribution is -0.137. The lowest BCUT2D eigenvalue weighted by Crippen LogP contribution is -2.17. The van der Waals surface area contributed by atoms with Crippen molar-refractivity contribution in [2.45, 2.75) is 12.5 Å². The van der Waals surface area contributed by atoms with Gasteiger partial charge in [0.15, 0.2) is 11.5 Å². The third kappa shape index (κ3) is 2.78. The van der Waals surface area contributed by atoms with Crippen LogP contribution in [0.25, 0.3) is 0 Å². The van der Waals surface area contributed by atoms with Crippen molar-refractivity contribution in [3.8, 4) is 11.5 Å². The fourth-order valence-electron chi connectivity index (χ4n) is 1.45. The fraction of sp³-hybridized carbons (Fsp3) is 0.300. The van der Waals surface area contributed by atoms with E-state index < -0.39 is 30.0 Å². The first kappa shape index (κ1) is 13.5.